The van der Waals surface area contributed by atoms with Crippen LogP contribution < -0.4 is 10.1 Å². The van der Waals surface area contributed by atoms with E-state index in [1.807, 2.05) is 59.5 Å². The summed E-state index contributed by atoms with van der Waals surface area (Å²) in [6.45, 7) is 0.929. The minimum Gasteiger partial charge on any atom is -0.497 e. The van der Waals surface area contributed by atoms with E-state index in [1.54, 1.807) is 13.2 Å². The van der Waals surface area contributed by atoms with Gasteiger partial charge < -0.3 is 15.0 Å². The molecule has 28 heavy (non-hydrogen) atoms. The summed E-state index contributed by atoms with van der Waals surface area (Å²) in [6.07, 6.45) is 5.66. The molecule has 0 aromatic heterocycles. The second kappa shape index (κ2) is 9.74. The van der Waals surface area contributed by atoms with Gasteiger partial charge in [0.1, 0.15) is 5.75 Å². The highest BCUT2D eigenvalue weighted by Gasteiger charge is 2.32. The van der Waals surface area contributed by atoms with E-state index in [4.69, 9.17) is 4.74 Å². The molecule has 1 fully saturated rings. The maximum Gasteiger partial charge on any atom is 0.244 e. The zero-order chi connectivity index (χ0) is 19.8. The van der Waals surface area contributed by atoms with E-state index >= 15 is 0 Å². The Morgan fingerprint density at radius 3 is 2.46 bits per heavy atom. The van der Waals surface area contributed by atoms with Crippen molar-refractivity contribution in [2.75, 3.05) is 13.7 Å². The summed E-state index contributed by atoms with van der Waals surface area (Å²) in [5.41, 5.74) is 2.05. The summed E-state index contributed by atoms with van der Waals surface area (Å²) in [5.74, 6) is 0.690. The van der Waals surface area contributed by atoms with E-state index in [-0.39, 0.29) is 11.8 Å². The average molecular weight is 378 g/mol. The number of carbonyl (C=O) groups is 2. The second-order valence-corrected chi connectivity index (χ2v) is 6.89. The first-order chi connectivity index (χ1) is 13.7. The number of benzene rings is 2. The number of nitrogens with zero attached hydrogens (tertiary/aromatic N) is 1. The summed E-state index contributed by atoms with van der Waals surface area (Å²) in [7, 11) is 1.64. The molecule has 0 spiro atoms. The molecule has 1 saturated carbocycles. The van der Waals surface area contributed by atoms with Crippen molar-refractivity contribution in [3.63, 3.8) is 0 Å². The van der Waals surface area contributed by atoms with Gasteiger partial charge in [-0.25, -0.2) is 0 Å². The zero-order valence-electron chi connectivity index (χ0n) is 16.1. The van der Waals surface area contributed by atoms with Gasteiger partial charge in [0, 0.05) is 31.6 Å². The van der Waals surface area contributed by atoms with Crippen LogP contribution in [0, 0.1) is 0 Å². The van der Waals surface area contributed by atoms with Gasteiger partial charge in [-0.3, -0.25) is 9.59 Å². The topological polar surface area (TPSA) is 58.6 Å². The Hall–Kier alpha value is -3.08. The lowest BCUT2D eigenvalue weighted by atomic mass is 10.2. The molecule has 0 aliphatic heterocycles. The van der Waals surface area contributed by atoms with Crippen molar-refractivity contribution in [3.05, 3.63) is 71.8 Å². The third-order valence-corrected chi connectivity index (χ3v) is 4.68. The molecule has 0 radical (unpaired) electrons. The highest BCUT2D eigenvalue weighted by Crippen LogP contribution is 2.29. The van der Waals surface area contributed by atoms with Gasteiger partial charge in [0.25, 0.3) is 0 Å². The summed E-state index contributed by atoms with van der Waals surface area (Å²) in [4.78, 5) is 26.5. The maximum absolute atomic E-state index is 12.6. The predicted molar refractivity (Wildman–Crippen MR) is 110 cm³/mol. The summed E-state index contributed by atoms with van der Waals surface area (Å²) >= 11 is 0. The Morgan fingerprint density at radius 1 is 1.11 bits per heavy atom. The Kier molecular flexibility index (Phi) is 6.84. The second-order valence-electron chi connectivity index (χ2n) is 6.89. The molecule has 1 N–H and O–H groups in total. The number of ether oxygens (including phenoxy) is 1. The maximum atomic E-state index is 12.6. The molecule has 1 aliphatic carbocycles. The van der Waals surface area contributed by atoms with E-state index in [2.05, 4.69) is 5.32 Å². The third-order valence-electron chi connectivity index (χ3n) is 4.68. The van der Waals surface area contributed by atoms with E-state index in [9.17, 15) is 9.59 Å². The Labute approximate surface area is 166 Å². The van der Waals surface area contributed by atoms with E-state index < -0.39 is 0 Å². The molecule has 2 aromatic rings. The Balaban J connectivity index is 1.46. The average Bonchev–Trinajstić information content (AvgIpc) is 3.57. The van der Waals surface area contributed by atoms with Gasteiger partial charge in [-0.05, 0) is 42.2 Å². The molecule has 0 bridgehead atoms. The fraction of sp³-hybridized carbons (Fsp3) is 0.304. The van der Waals surface area contributed by atoms with E-state index in [0.29, 0.717) is 25.6 Å². The van der Waals surface area contributed by atoms with E-state index in [0.717, 1.165) is 29.7 Å². The standard InChI is InChI=1S/C23H26N2O3/c1-28-21-12-7-19(8-13-21)17-25(20-10-11-20)23(27)15-16-24-22(26)14-9-18-5-3-2-4-6-18/h2-9,12-14,20H,10-11,15-17H2,1H3,(H,24,26)/b14-9+. The van der Waals surface area contributed by atoms with Crippen LogP contribution in [-0.4, -0.2) is 36.4 Å². The number of hydrogen-bond acceptors (Lipinski definition) is 3. The highest BCUT2D eigenvalue weighted by molar-refractivity contribution is 5.92. The largest absolute Gasteiger partial charge is 0.497 e. The van der Waals surface area contributed by atoms with Crippen LogP contribution in [0.4, 0.5) is 0 Å². The number of carbonyl (C=O) groups excluding carboxylic acids is 2. The van der Waals surface area contributed by atoms with Gasteiger partial charge in [-0.2, -0.15) is 0 Å². The smallest absolute Gasteiger partial charge is 0.244 e. The number of hydrogen-bond donors (Lipinski definition) is 1. The molecule has 3 rings (SSSR count). The van der Waals surface area contributed by atoms with Crippen molar-refractivity contribution in [1.29, 1.82) is 0 Å². The van der Waals surface area contributed by atoms with Gasteiger partial charge in [-0.1, -0.05) is 42.5 Å². The van der Waals surface area contributed by atoms with Crippen molar-refractivity contribution in [2.24, 2.45) is 0 Å². The molecular formula is C23H26N2O3. The van der Waals surface area contributed by atoms with Crippen LogP contribution in [0.25, 0.3) is 6.08 Å². The molecule has 5 nitrogen and oxygen atoms in total. The summed E-state index contributed by atoms with van der Waals surface area (Å²) in [5, 5.41) is 2.79. The number of rotatable bonds is 9. The lowest BCUT2D eigenvalue weighted by Crippen LogP contribution is -2.35. The fourth-order valence-corrected chi connectivity index (χ4v) is 2.97. The minimum atomic E-state index is -0.190. The molecule has 0 heterocycles. The van der Waals surface area contributed by atoms with Crippen LogP contribution in [0.1, 0.15) is 30.4 Å². The predicted octanol–water partition coefficient (Wildman–Crippen LogP) is 3.41. The molecule has 2 aromatic carbocycles. The quantitative estimate of drug-likeness (QED) is 0.681. The van der Waals surface area contributed by atoms with Gasteiger partial charge in [-0.15, -0.1) is 0 Å². The first kappa shape index (κ1) is 19.7. The SMILES string of the molecule is COc1ccc(CN(C(=O)CCNC(=O)/C=C/c2ccccc2)C2CC2)cc1. The van der Waals surface area contributed by atoms with Crippen LogP contribution in [0.5, 0.6) is 5.75 Å². The van der Waals surface area contributed by atoms with Crippen molar-refractivity contribution >= 4 is 17.9 Å². The number of methoxy groups -OCH3 is 1. The van der Waals surface area contributed by atoms with Crippen LogP contribution in [0.2, 0.25) is 0 Å². The van der Waals surface area contributed by atoms with Crippen molar-refractivity contribution < 1.29 is 14.3 Å². The number of amides is 2. The minimum absolute atomic E-state index is 0.0747. The highest BCUT2D eigenvalue weighted by atomic mass is 16.5. The summed E-state index contributed by atoms with van der Waals surface area (Å²) in [6, 6.07) is 17.7. The molecule has 5 heteroatoms. The Bertz CT molecular complexity index is 812. The van der Waals surface area contributed by atoms with Gasteiger partial charge in [0.15, 0.2) is 0 Å². The van der Waals surface area contributed by atoms with Crippen LogP contribution in [0.3, 0.4) is 0 Å². The monoisotopic (exact) mass is 378 g/mol. The van der Waals surface area contributed by atoms with E-state index in [1.165, 1.54) is 6.08 Å². The molecule has 0 saturated heterocycles. The van der Waals surface area contributed by atoms with Crippen molar-refractivity contribution in [2.45, 2.75) is 31.8 Å². The summed E-state index contributed by atoms with van der Waals surface area (Å²) < 4.78 is 5.18. The third kappa shape index (κ3) is 5.98. The van der Waals surface area contributed by atoms with Crippen LogP contribution in [-0.2, 0) is 16.1 Å². The molecule has 0 atom stereocenters. The first-order valence-electron chi connectivity index (χ1n) is 9.59. The normalized spacial score (nSPS) is 13.3. The fourth-order valence-electron chi connectivity index (χ4n) is 2.97. The van der Waals surface area contributed by atoms with Gasteiger partial charge >= 0.3 is 0 Å². The van der Waals surface area contributed by atoms with Crippen molar-refractivity contribution in [1.82, 2.24) is 10.2 Å². The Morgan fingerprint density at radius 2 is 1.82 bits per heavy atom. The lowest BCUT2D eigenvalue weighted by Gasteiger charge is -2.23. The number of nitrogens with one attached hydrogen (secondary N) is 1. The molecule has 2 amide bonds. The molecule has 0 unspecified atom stereocenters. The van der Waals surface area contributed by atoms with Crippen LogP contribution in [0.15, 0.2) is 60.7 Å². The molecular weight excluding hydrogens is 352 g/mol. The van der Waals surface area contributed by atoms with Gasteiger partial charge in [0.2, 0.25) is 11.8 Å². The zero-order valence-corrected chi connectivity index (χ0v) is 16.1. The lowest BCUT2D eigenvalue weighted by molar-refractivity contribution is -0.132. The van der Waals surface area contributed by atoms with Gasteiger partial charge in [0.05, 0.1) is 7.11 Å². The van der Waals surface area contributed by atoms with Crippen molar-refractivity contribution in [3.8, 4) is 5.75 Å². The molecule has 1 aliphatic rings. The molecule has 146 valence electrons. The first-order valence-corrected chi connectivity index (χ1v) is 9.59. The van der Waals surface area contributed by atoms with Crippen LogP contribution >= 0.6 is 0 Å².